The summed E-state index contributed by atoms with van der Waals surface area (Å²) >= 11 is 1.17. The smallest absolute Gasteiger partial charge is 0.267 e. The van der Waals surface area contributed by atoms with Gasteiger partial charge in [-0.15, -0.1) is 11.3 Å². The second-order valence-corrected chi connectivity index (χ2v) is 6.89. The summed E-state index contributed by atoms with van der Waals surface area (Å²) in [7, 11) is 0. The van der Waals surface area contributed by atoms with Crippen LogP contribution < -0.4 is 16.8 Å². The maximum Gasteiger partial charge on any atom is 0.267 e. The van der Waals surface area contributed by atoms with E-state index < -0.39 is 0 Å². The van der Waals surface area contributed by atoms with Crippen molar-refractivity contribution < 1.29 is 4.79 Å². The summed E-state index contributed by atoms with van der Waals surface area (Å²) in [6.07, 6.45) is 0. The highest BCUT2D eigenvalue weighted by molar-refractivity contribution is 7.21. The van der Waals surface area contributed by atoms with Gasteiger partial charge in [-0.3, -0.25) is 4.79 Å². The number of hydrogen-bond donors (Lipinski definition) is 3. The molecule has 7 heteroatoms. The Bertz CT molecular complexity index is 1060. The highest BCUT2D eigenvalue weighted by Crippen LogP contribution is 2.37. The van der Waals surface area contributed by atoms with Crippen molar-refractivity contribution >= 4 is 44.7 Å². The average molecular weight is 351 g/mol. The van der Waals surface area contributed by atoms with Crippen molar-refractivity contribution in [3.63, 3.8) is 0 Å². The lowest BCUT2D eigenvalue weighted by Gasteiger charge is -2.07. The molecular formula is C18H17N5OS. The molecule has 5 N–H and O–H groups in total. The topological polar surface area (TPSA) is 118 Å². The van der Waals surface area contributed by atoms with Crippen LogP contribution in [0.2, 0.25) is 0 Å². The number of fused-ring (bicyclic) bond motifs is 1. The van der Waals surface area contributed by atoms with Crippen molar-refractivity contribution in [1.29, 1.82) is 5.26 Å². The third kappa shape index (κ3) is 2.77. The number of carbonyl (C=O) groups is 1. The summed E-state index contributed by atoms with van der Waals surface area (Å²) in [6, 6.07) is 7.74. The average Bonchev–Trinajstić information content (AvgIpc) is 2.88. The highest BCUT2D eigenvalue weighted by atomic mass is 32.1. The van der Waals surface area contributed by atoms with E-state index in [9.17, 15) is 10.1 Å². The molecule has 0 fully saturated rings. The first-order valence-corrected chi connectivity index (χ1v) is 8.42. The first-order chi connectivity index (χ1) is 11.8. The molecule has 126 valence electrons. The van der Waals surface area contributed by atoms with Crippen LogP contribution in [0.3, 0.4) is 0 Å². The summed E-state index contributed by atoms with van der Waals surface area (Å²) in [5.41, 5.74) is 16.2. The number of nitrogens with zero attached hydrogens (tertiary/aromatic N) is 2. The van der Waals surface area contributed by atoms with Gasteiger partial charge in [-0.1, -0.05) is 6.07 Å². The Balaban J connectivity index is 2.05. The number of hydrogen-bond acceptors (Lipinski definition) is 6. The van der Waals surface area contributed by atoms with Crippen LogP contribution in [0.1, 0.15) is 31.9 Å². The molecule has 0 spiro atoms. The van der Waals surface area contributed by atoms with Crippen LogP contribution in [0.5, 0.6) is 0 Å². The minimum atomic E-state index is -0.305. The fraction of sp³-hybridized carbons (Fsp3) is 0.167. The number of nitrogen functional groups attached to an aromatic ring is 2. The summed E-state index contributed by atoms with van der Waals surface area (Å²) in [4.78, 5) is 17.8. The molecule has 0 saturated carbocycles. The second kappa shape index (κ2) is 6.07. The van der Waals surface area contributed by atoms with Crippen LogP contribution in [0.15, 0.2) is 18.2 Å². The molecule has 0 unspecified atom stereocenters. The van der Waals surface area contributed by atoms with Crippen molar-refractivity contribution in [3.05, 3.63) is 45.3 Å². The van der Waals surface area contributed by atoms with Gasteiger partial charge in [0.1, 0.15) is 21.6 Å². The van der Waals surface area contributed by atoms with Gasteiger partial charge in [0.2, 0.25) is 0 Å². The molecule has 6 nitrogen and oxygen atoms in total. The Labute approximate surface area is 149 Å². The van der Waals surface area contributed by atoms with E-state index >= 15 is 0 Å². The normalized spacial score (nSPS) is 10.6. The minimum Gasteiger partial charge on any atom is -0.397 e. The van der Waals surface area contributed by atoms with E-state index in [0.717, 1.165) is 11.1 Å². The number of carbonyl (C=O) groups excluding carboxylic acids is 1. The number of nitrogens with two attached hydrogens (primary N) is 2. The zero-order valence-corrected chi connectivity index (χ0v) is 14.9. The van der Waals surface area contributed by atoms with Crippen molar-refractivity contribution in [2.75, 3.05) is 16.8 Å². The highest BCUT2D eigenvalue weighted by Gasteiger charge is 2.21. The molecular weight excluding hydrogens is 334 g/mol. The number of aromatic nitrogens is 1. The van der Waals surface area contributed by atoms with Gasteiger partial charge in [-0.2, -0.15) is 5.26 Å². The number of aryl methyl sites for hydroxylation is 3. The van der Waals surface area contributed by atoms with E-state index in [-0.39, 0.29) is 17.3 Å². The number of nitriles is 1. The fourth-order valence-corrected chi connectivity index (χ4v) is 3.73. The number of thiophene rings is 1. The molecule has 3 rings (SSSR count). The summed E-state index contributed by atoms with van der Waals surface area (Å²) in [6.45, 7) is 5.75. The molecule has 0 aliphatic carbocycles. The Hall–Kier alpha value is -3.11. The largest absolute Gasteiger partial charge is 0.397 e. The molecule has 0 radical (unpaired) electrons. The van der Waals surface area contributed by atoms with Gasteiger partial charge in [0.15, 0.2) is 0 Å². The van der Waals surface area contributed by atoms with Gasteiger partial charge in [-0.05, 0) is 49.6 Å². The molecule has 1 aromatic carbocycles. The maximum atomic E-state index is 12.6. The summed E-state index contributed by atoms with van der Waals surface area (Å²) < 4.78 is 0. The summed E-state index contributed by atoms with van der Waals surface area (Å²) in [5, 5.41) is 12.7. The van der Waals surface area contributed by atoms with E-state index in [1.807, 2.05) is 38.1 Å². The fourth-order valence-electron chi connectivity index (χ4n) is 2.67. The van der Waals surface area contributed by atoms with Crippen LogP contribution >= 0.6 is 11.3 Å². The Morgan fingerprint density at radius 3 is 2.60 bits per heavy atom. The standard InChI is InChI=1S/C18H17N5OS/c1-8-4-5-11(6-9(8)2)22-17(24)15-14(20)13-10(3)12(7-19)16(21)23-18(13)25-15/h4-6H,20H2,1-3H3,(H2,21,23)(H,22,24). The molecule has 1 amide bonds. The van der Waals surface area contributed by atoms with Gasteiger partial charge in [0.25, 0.3) is 5.91 Å². The van der Waals surface area contributed by atoms with Crippen molar-refractivity contribution in [3.8, 4) is 6.07 Å². The summed E-state index contributed by atoms with van der Waals surface area (Å²) in [5.74, 6) is -0.157. The molecule has 3 aromatic rings. The molecule has 2 aromatic heterocycles. The van der Waals surface area contributed by atoms with Crippen LogP contribution in [0, 0.1) is 32.1 Å². The number of benzene rings is 1. The number of amides is 1. The van der Waals surface area contributed by atoms with Crippen molar-refractivity contribution in [2.24, 2.45) is 0 Å². The van der Waals surface area contributed by atoms with Gasteiger partial charge in [-0.25, -0.2) is 4.98 Å². The van der Waals surface area contributed by atoms with Crippen LogP contribution in [0.25, 0.3) is 10.2 Å². The third-order valence-electron chi connectivity index (χ3n) is 4.24. The SMILES string of the molecule is Cc1ccc(NC(=O)c2sc3nc(N)c(C#N)c(C)c3c2N)cc1C. The zero-order chi connectivity index (χ0) is 18.3. The Kier molecular flexibility index (Phi) is 4.07. The number of rotatable bonds is 2. The Morgan fingerprint density at radius 1 is 1.24 bits per heavy atom. The molecule has 0 atom stereocenters. The predicted octanol–water partition coefficient (Wildman–Crippen LogP) is 3.51. The van der Waals surface area contributed by atoms with Crippen molar-refractivity contribution in [2.45, 2.75) is 20.8 Å². The lowest BCUT2D eigenvalue weighted by atomic mass is 10.1. The number of pyridine rings is 1. The van der Waals surface area contributed by atoms with Crippen LogP contribution in [0.4, 0.5) is 17.2 Å². The molecule has 2 heterocycles. The first-order valence-electron chi connectivity index (χ1n) is 7.60. The molecule has 0 aliphatic heterocycles. The van der Waals surface area contributed by atoms with E-state index in [2.05, 4.69) is 10.3 Å². The minimum absolute atomic E-state index is 0.148. The first kappa shape index (κ1) is 16.7. The van der Waals surface area contributed by atoms with Gasteiger partial charge >= 0.3 is 0 Å². The molecule has 25 heavy (non-hydrogen) atoms. The van der Waals surface area contributed by atoms with E-state index in [1.54, 1.807) is 6.92 Å². The molecule has 0 bridgehead atoms. The van der Waals surface area contributed by atoms with Gasteiger partial charge < -0.3 is 16.8 Å². The van der Waals surface area contributed by atoms with Gasteiger partial charge in [0, 0.05) is 11.1 Å². The quantitative estimate of drug-likeness (QED) is 0.653. The van der Waals surface area contributed by atoms with E-state index in [1.165, 1.54) is 11.3 Å². The van der Waals surface area contributed by atoms with E-state index in [4.69, 9.17) is 11.5 Å². The maximum absolute atomic E-state index is 12.6. The monoisotopic (exact) mass is 351 g/mol. The molecule has 0 saturated heterocycles. The van der Waals surface area contributed by atoms with Crippen LogP contribution in [-0.4, -0.2) is 10.9 Å². The predicted molar refractivity (Wildman–Crippen MR) is 102 cm³/mol. The second-order valence-electron chi connectivity index (χ2n) is 5.89. The number of nitrogens with one attached hydrogen (secondary N) is 1. The number of anilines is 3. The lowest BCUT2D eigenvalue weighted by Crippen LogP contribution is -2.12. The Morgan fingerprint density at radius 2 is 1.96 bits per heavy atom. The van der Waals surface area contributed by atoms with Crippen molar-refractivity contribution in [1.82, 2.24) is 4.98 Å². The van der Waals surface area contributed by atoms with E-state index in [0.29, 0.717) is 32.0 Å². The lowest BCUT2D eigenvalue weighted by molar-refractivity contribution is 0.103. The van der Waals surface area contributed by atoms with Gasteiger partial charge in [0.05, 0.1) is 11.3 Å². The van der Waals surface area contributed by atoms with Crippen LogP contribution in [-0.2, 0) is 0 Å². The zero-order valence-electron chi connectivity index (χ0n) is 14.1. The third-order valence-corrected chi connectivity index (χ3v) is 5.34. The molecule has 0 aliphatic rings.